The number of aromatic nitrogens is 3. The van der Waals surface area contributed by atoms with Gasteiger partial charge in [-0.05, 0) is 67.4 Å². The smallest absolute Gasteiger partial charge is 0.324 e. The Bertz CT molecular complexity index is 1590. The van der Waals surface area contributed by atoms with Crippen LogP contribution in [-0.2, 0) is 14.8 Å². The van der Waals surface area contributed by atoms with Gasteiger partial charge in [0.1, 0.15) is 6.54 Å². The van der Waals surface area contributed by atoms with E-state index in [9.17, 15) is 18.3 Å². The molecular weight excluding hydrogens is 551 g/mol. The lowest BCUT2D eigenvalue weighted by Crippen LogP contribution is -2.43. The van der Waals surface area contributed by atoms with E-state index in [1.807, 2.05) is 16.7 Å². The van der Waals surface area contributed by atoms with Crippen LogP contribution in [0.4, 0.5) is 11.5 Å². The molecule has 1 unspecified atom stereocenters. The van der Waals surface area contributed by atoms with E-state index in [1.54, 1.807) is 30.5 Å². The second-order valence-corrected chi connectivity index (χ2v) is 11.8. The number of carboxylic acid groups (broad SMARTS) is 1. The molecule has 0 saturated carbocycles. The van der Waals surface area contributed by atoms with E-state index in [4.69, 9.17) is 28.9 Å². The summed E-state index contributed by atoms with van der Waals surface area (Å²) in [5.41, 5.74) is 7.01. The summed E-state index contributed by atoms with van der Waals surface area (Å²) in [6.45, 7) is 0.834. The monoisotopic (exact) mass is 574 g/mol. The summed E-state index contributed by atoms with van der Waals surface area (Å²) in [5.74, 6) is 0.0315. The lowest BCUT2D eigenvalue weighted by molar-refractivity contribution is -0.135. The van der Waals surface area contributed by atoms with Crippen molar-refractivity contribution in [3.63, 3.8) is 0 Å². The number of nitrogens with two attached hydrogens (primary N) is 1. The van der Waals surface area contributed by atoms with Crippen LogP contribution in [0.2, 0.25) is 10.0 Å². The molecule has 3 heterocycles. The Labute approximate surface area is 229 Å². The molecule has 38 heavy (non-hydrogen) atoms. The number of rotatable bonds is 7. The number of halogens is 2. The predicted octanol–water partition coefficient (Wildman–Crippen LogP) is 3.93. The highest BCUT2D eigenvalue weighted by atomic mass is 35.5. The van der Waals surface area contributed by atoms with Gasteiger partial charge in [0.25, 0.3) is 10.0 Å². The van der Waals surface area contributed by atoms with Crippen molar-refractivity contribution in [2.45, 2.75) is 23.8 Å². The summed E-state index contributed by atoms with van der Waals surface area (Å²) in [4.78, 5) is 13.5. The maximum Gasteiger partial charge on any atom is 0.324 e. The third kappa shape index (κ3) is 5.28. The minimum atomic E-state index is -4.29. The third-order valence-corrected chi connectivity index (χ3v) is 8.52. The molecule has 2 aromatic heterocycles. The predicted molar refractivity (Wildman–Crippen MR) is 147 cm³/mol. The van der Waals surface area contributed by atoms with Crippen molar-refractivity contribution < 1.29 is 18.3 Å². The molecule has 1 atom stereocenters. The fourth-order valence-corrected chi connectivity index (χ4v) is 6.69. The number of hydrogen-bond acceptors (Lipinski definition) is 7. The molecule has 10 nitrogen and oxygen atoms in total. The van der Waals surface area contributed by atoms with Crippen LogP contribution in [0, 0.1) is 0 Å². The van der Waals surface area contributed by atoms with Crippen LogP contribution in [0.15, 0.2) is 65.7 Å². The van der Waals surface area contributed by atoms with E-state index in [0.29, 0.717) is 11.2 Å². The average molecular weight is 575 g/mol. The molecule has 198 valence electrons. The largest absolute Gasteiger partial charge is 0.480 e. The highest BCUT2D eigenvalue weighted by Gasteiger charge is 2.28. The van der Waals surface area contributed by atoms with Gasteiger partial charge in [-0.1, -0.05) is 23.2 Å². The van der Waals surface area contributed by atoms with Crippen molar-refractivity contribution in [3.05, 3.63) is 70.8 Å². The third-order valence-electron chi connectivity index (χ3n) is 6.33. The molecule has 1 saturated heterocycles. The molecule has 5 rings (SSSR count). The van der Waals surface area contributed by atoms with Gasteiger partial charge in [-0.15, -0.1) is 10.2 Å². The van der Waals surface area contributed by atoms with Crippen molar-refractivity contribution in [2.24, 2.45) is 5.73 Å². The van der Waals surface area contributed by atoms with Crippen LogP contribution in [0.1, 0.15) is 12.8 Å². The maximum atomic E-state index is 13.4. The highest BCUT2D eigenvalue weighted by molar-refractivity contribution is 7.92. The van der Waals surface area contributed by atoms with E-state index >= 15 is 0 Å². The number of aliphatic carboxylic acids is 1. The fraction of sp³-hybridized carbons (Fsp3) is 0.240. The number of nitrogens with zero attached hydrogens (tertiary/aromatic N) is 5. The Kier molecular flexibility index (Phi) is 7.19. The zero-order valence-electron chi connectivity index (χ0n) is 20.0. The summed E-state index contributed by atoms with van der Waals surface area (Å²) >= 11 is 12.0. The molecule has 2 aromatic carbocycles. The Morgan fingerprint density at radius 1 is 1.05 bits per heavy atom. The van der Waals surface area contributed by atoms with E-state index in [0.717, 1.165) is 41.6 Å². The number of sulfonamides is 1. The van der Waals surface area contributed by atoms with Crippen molar-refractivity contribution in [1.29, 1.82) is 0 Å². The van der Waals surface area contributed by atoms with Gasteiger partial charge in [-0.2, -0.15) is 0 Å². The first kappa shape index (κ1) is 26.2. The van der Waals surface area contributed by atoms with Crippen LogP contribution in [0.3, 0.4) is 0 Å². The SMILES string of the molecule is NC1CCCN(c2ccc(-n3ccc4cc(N(CC(=O)O)S(=O)(=O)c5cc(Cl)cc(Cl)c5)ccc43)nn2)C1. The summed E-state index contributed by atoms with van der Waals surface area (Å²) in [6, 6.07) is 14.4. The van der Waals surface area contributed by atoms with Gasteiger partial charge >= 0.3 is 5.97 Å². The summed E-state index contributed by atoms with van der Waals surface area (Å²) < 4.78 is 29.5. The average Bonchev–Trinajstić information content (AvgIpc) is 3.30. The number of anilines is 2. The first-order valence-corrected chi connectivity index (χ1v) is 14.0. The molecule has 4 aromatic rings. The second-order valence-electron chi connectivity index (χ2n) is 9.04. The molecule has 1 aliphatic rings. The number of hydrogen-bond donors (Lipinski definition) is 2. The molecule has 0 bridgehead atoms. The van der Waals surface area contributed by atoms with Crippen molar-refractivity contribution >= 4 is 61.6 Å². The molecule has 3 N–H and O–H groups in total. The summed E-state index contributed by atoms with van der Waals surface area (Å²) in [6.07, 6.45) is 3.80. The molecule has 1 fully saturated rings. The van der Waals surface area contributed by atoms with Crippen LogP contribution in [0.5, 0.6) is 0 Å². The normalized spacial score (nSPS) is 16.1. The van der Waals surface area contributed by atoms with E-state index in [1.165, 1.54) is 18.2 Å². The van der Waals surface area contributed by atoms with Crippen LogP contribution < -0.4 is 14.9 Å². The highest BCUT2D eigenvalue weighted by Crippen LogP contribution is 2.31. The standard InChI is InChI=1S/C25H24Cl2N6O4S/c26-17-11-18(27)13-21(12-17)38(36,37)33(15-25(34)35)20-3-4-22-16(10-20)7-9-32(22)24-6-5-23(29-30-24)31-8-1-2-19(28)14-31/h3-7,9-13,19H,1-2,8,14-15,28H2,(H,34,35). The lowest BCUT2D eigenvalue weighted by Gasteiger charge is -2.31. The second kappa shape index (κ2) is 10.4. The van der Waals surface area contributed by atoms with Crippen LogP contribution >= 0.6 is 23.2 Å². The van der Waals surface area contributed by atoms with Crippen molar-refractivity contribution in [2.75, 3.05) is 28.8 Å². The van der Waals surface area contributed by atoms with Gasteiger partial charge in [0, 0.05) is 40.8 Å². The Balaban J connectivity index is 1.48. The number of carbonyl (C=O) groups is 1. The topological polar surface area (TPSA) is 135 Å². The minimum Gasteiger partial charge on any atom is -0.480 e. The van der Waals surface area contributed by atoms with Crippen molar-refractivity contribution in [1.82, 2.24) is 14.8 Å². The first-order chi connectivity index (χ1) is 18.1. The molecule has 0 spiro atoms. The van der Waals surface area contributed by atoms with Crippen LogP contribution in [0.25, 0.3) is 16.7 Å². The van der Waals surface area contributed by atoms with Gasteiger partial charge < -0.3 is 15.7 Å². The van der Waals surface area contributed by atoms with E-state index in [2.05, 4.69) is 15.1 Å². The minimum absolute atomic E-state index is 0.119. The van der Waals surface area contributed by atoms with E-state index in [-0.39, 0.29) is 26.7 Å². The number of benzene rings is 2. The van der Waals surface area contributed by atoms with E-state index < -0.39 is 22.5 Å². The van der Waals surface area contributed by atoms with Gasteiger partial charge in [-0.25, -0.2) is 8.42 Å². The Morgan fingerprint density at radius 2 is 1.76 bits per heavy atom. The van der Waals surface area contributed by atoms with Gasteiger partial charge in [-0.3, -0.25) is 13.7 Å². The number of fused-ring (bicyclic) bond motifs is 1. The first-order valence-electron chi connectivity index (χ1n) is 11.8. The lowest BCUT2D eigenvalue weighted by atomic mass is 10.1. The molecule has 0 radical (unpaired) electrons. The number of carboxylic acids is 1. The fourth-order valence-electron chi connectivity index (χ4n) is 4.56. The van der Waals surface area contributed by atoms with Gasteiger partial charge in [0.2, 0.25) is 0 Å². The summed E-state index contributed by atoms with van der Waals surface area (Å²) in [5, 5.41) is 19.2. The zero-order valence-corrected chi connectivity index (χ0v) is 22.4. The molecule has 1 aliphatic heterocycles. The molecule has 0 aliphatic carbocycles. The Hall–Kier alpha value is -3.38. The van der Waals surface area contributed by atoms with Gasteiger partial charge in [0.15, 0.2) is 11.6 Å². The zero-order chi connectivity index (χ0) is 27.0. The molecular formula is C25H24Cl2N6O4S. The Morgan fingerprint density at radius 3 is 2.42 bits per heavy atom. The quantitative estimate of drug-likeness (QED) is 0.339. The molecule has 0 amide bonds. The van der Waals surface area contributed by atoms with Gasteiger partial charge in [0.05, 0.1) is 16.1 Å². The number of piperidine rings is 1. The van der Waals surface area contributed by atoms with Crippen molar-refractivity contribution in [3.8, 4) is 5.82 Å². The van der Waals surface area contributed by atoms with Crippen LogP contribution in [-0.4, -0.2) is 59.9 Å². The maximum absolute atomic E-state index is 13.4. The summed E-state index contributed by atoms with van der Waals surface area (Å²) in [7, 11) is -4.29. The molecule has 13 heteroatoms.